The SMILES string of the molecule is Cc1nc(-c2ccccc2)c(CC(=O)Nc2cc3c(cc2C)OCCO3)s1. The third kappa shape index (κ3) is 3.80. The minimum absolute atomic E-state index is 0.0735. The highest BCUT2D eigenvalue weighted by atomic mass is 32.1. The van der Waals surface area contributed by atoms with Gasteiger partial charge < -0.3 is 14.8 Å². The number of nitrogens with one attached hydrogen (secondary N) is 1. The summed E-state index contributed by atoms with van der Waals surface area (Å²) in [6.07, 6.45) is 0.281. The first kappa shape index (κ1) is 17.5. The van der Waals surface area contributed by atoms with Crippen molar-refractivity contribution in [3.05, 3.63) is 57.9 Å². The fourth-order valence-electron chi connectivity index (χ4n) is 3.08. The Hall–Kier alpha value is -2.86. The van der Waals surface area contributed by atoms with E-state index in [1.807, 2.05) is 56.3 Å². The number of thiazole rings is 1. The summed E-state index contributed by atoms with van der Waals surface area (Å²) in [6, 6.07) is 13.7. The molecule has 0 saturated carbocycles. The zero-order valence-electron chi connectivity index (χ0n) is 15.2. The van der Waals surface area contributed by atoms with Crippen LogP contribution in [-0.4, -0.2) is 24.1 Å². The predicted octanol–water partition coefficient (Wildman–Crippen LogP) is 4.38. The van der Waals surface area contributed by atoms with Gasteiger partial charge in [0.1, 0.15) is 13.2 Å². The first-order valence-corrected chi connectivity index (χ1v) is 9.63. The van der Waals surface area contributed by atoms with Crippen LogP contribution in [-0.2, 0) is 11.2 Å². The normalized spacial score (nSPS) is 12.7. The molecule has 6 heteroatoms. The molecular weight excluding hydrogens is 360 g/mol. The molecule has 138 valence electrons. The van der Waals surface area contributed by atoms with E-state index in [2.05, 4.69) is 10.3 Å². The molecule has 0 fully saturated rings. The second-order valence-electron chi connectivity index (χ2n) is 6.41. The van der Waals surface area contributed by atoms with E-state index >= 15 is 0 Å². The van der Waals surface area contributed by atoms with E-state index in [0.717, 1.165) is 38.1 Å². The van der Waals surface area contributed by atoms with Gasteiger partial charge in [-0.3, -0.25) is 4.79 Å². The van der Waals surface area contributed by atoms with Gasteiger partial charge >= 0.3 is 0 Å². The Balaban J connectivity index is 1.54. The average molecular weight is 380 g/mol. The highest BCUT2D eigenvalue weighted by molar-refractivity contribution is 7.12. The Kier molecular flexibility index (Phi) is 4.81. The number of fused-ring (bicyclic) bond motifs is 1. The number of hydrogen-bond acceptors (Lipinski definition) is 5. The van der Waals surface area contributed by atoms with E-state index < -0.39 is 0 Å². The molecule has 1 aliphatic heterocycles. The zero-order chi connectivity index (χ0) is 18.8. The van der Waals surface area contributed by atoms with Crippen LogP contribution in [0.2, 0.25) is 0 Å². The van der Waals surface area contributed by atoms with Gasteiger partial charge in [0.15, 0.2) is 11.5 Å². The van der Waals surface area contributed by atoms with Crippen LogP contribution >= 0.6 is 11.3 Å². The monoisotopic (exact) mass is 380 g/mol. The number of rotatable bonds is 4. The molecule has 4 rings (SSSR count). The van der Waals surface area contributed by atoms with Gasteiger partial charge in [0.05, 0.1) is 17.1 Å². The van der Waals surface area contributed by atoms with Crippen molar-refractivity contribution >= 4 is 22.9 Å². The maximum Gasteiger partial charge on any atom is 0.229 e. The summed E-state index contributed by atoms with van der Waals surface area (Å²) in [5.41, 5.74) is 3.59. The molecule has 2 aromatic carbocycles. The van der Waals surface area contributed by atoms with Crippen molar-refractivity contribution in [1.82, 2.24) is 4.98 Å². The van der Waals surface area contributed by atoms with Crippen molar-refractivity contribution in [2.75, 3.05) is 18.5 Å². The largest absolute Gasteiger partial charge is 0.486 e. The molecule has 2 heterocycles. The molecule has 0 unspecified atom stereocenters. The summed E-state index contributed by atoms with van der Waals surface area (Å²) >= 11 is 1.56. The molecule has 0 aliphatic carbocycles. The Morgan fingerprint density at radius 3 is 2.56 bits per heavy atom. The lowest BCUT2D eigenvalue weighted by molar-refractivity contribution is -0.115. The number of aromatic nitrogens is 1. The summed E-state index contributed by atoms with van der Waals surface area (Å²) in [5, 5.41) is 3.95. The standard InChI is InChI=1S/C21H20N2O3S/c1-13-10-17-18(26-9-8-25-17)11-16(13)23-20(24)12-19-21(22-14(2)27-19)15-6-4-3-5-7-15/h3-7,10-11H,8-9,12H2,1-2H3,(H,23,24). The number of nitrogens with zero attached hydrogens (tertiary/aromatic N) is 1. The molecule has 0 spiro atoms. The lowest BCUT2D eigenvalue weighted by atomic mass is 10.1. The van der Waals surface area contributed by atoms with E-state index in [9.17, 15) is 4.79 Å². The molecular formula is C21H20N2O3S. The lowest BCUT2D eigenvalue weighted by Gasteiger charge is -2.20. The first-order chi connectivity index (χ1) is 13.1. The van der Waals surface area contributed by atoms with Crippen LogP contribution in [0, 0.1) is 13.8 Å². The highest BCUT2D eigenvalue weighted by Gasteiger charge is 2.18. The number of anilines is 1. The lowest BCUT2D eigenvalue weighted by Crippen LogP contribution is -2.18. The highest BCUT2D eigenvalue weighted by Crippen LogP contribution is 2.35. The van der Waals surface area contributed by atoms with Crippen molar-refractivity contribution in [3.8, 4) is 22.8 Å². The van der Waals surface area contributed by atoms with E-state index in [1.54, 1.807) is 11.3 Å². The molecule has 0 atom stereocenters. The Morgan fingerprint density at radius 1 is 1.11 bits per heavy atom. The molecule has 27 heavy (non-hydrogen) atoms. The number of benzene rings is 2. The van der Waals surface area contributed by atoms with Gasteiger partial charge in [0, 0.05) is 22.2 Å². The summed E-state index contributed by atoms with van der Waals surface area (Å²) in [5.74, 6) is 1.32. The van der Waals surface area contributed by atoms with Gasteiger partial charge in [0.25, 0.3) is 0 Å². The molecule has 1 aromatic heterocycles. The summed E-state index contributed by atoms with van der Waals surface area (Å²) in [6.45, 7) is 4.97. The molecule has 5 nitrogen and oxygen atoms in total. The van der Waals surface area contributed by atoms with Gasteiger partial charge in [-0.1, -0.05) is 30.3 Å². The first-order valence-electron chi connectivity index (χ1n) is 8.82. The number of aryl methyl sites for hydroxylation is 2. The van der Waals surface area contributed by atoms with Gasteiger partial charge in [-0.2, -0.15) is 0 Å². The molecule has 3 aromatic rings. The van der Waals surface area contributed by atoms with Crippen LogP contribution in [0.25, 0.3) is 11.3 Å². The maximum absolute atomic E-state index is 12.7. The fourth-order valence-corrected chi connectivity index (χ4v) is 4.03. The van der Waals surface area contributed by atoms with Crippen LogP contribution in [0.5, 0.6) is 11.5 Å². The van der Waals surface area contributed by atoms with Crippen molar-refractivity contribution in [2.24, 2.45) is 0 Å². The van der Waals surface area contributed by atoms with Crippen molar-refractivity contribution < 1.29 is 14.3 Å². The number of carbonyl (C=O) groups is 1. The van der Waals surface area contributed by atoms with Crippen LogP contribution < -0.4 is 14.8 Å². The van der Waals surface area contributed by atoms with Gasteiger partial charge in [-0.15, -0.1) is 11.3 Å². The molecule has 0 bridgehead atoms. The number of amides is 1. The van der Waals surface area contributed by atoms with Crippen LogP contribution in [0.15, 0.2) is 42.5 Å². The zero-order valence-corrected chi connectivity index (χ0v) is 16.1. The second-order valence-corrected chi connectivity index (χ2v) is 7.69. The minimum atomic E-state index is -0.0735. The number of hydrogen-bond donors (Lipinski definition) is 1. The van der Waals surface area contributed by atoms with Crippen molar-refractivity contribution in [1.29, 1.82) is 0 Å². The van der Waals surface area contributed by atoms with Crippen LogP contribution in [0.1, 0.15) is 15.4 Å². The fraction of sp³-hybridized carbons (Fsp3) is 0.238. The average Bonchev–Trinajstić information content (AvgIpc) is 3.03. The Labute approximate surface area is 162 Å². The van der Waals surface area contributed by atoms with Crippen molar-refractivity contribution in [2.45, 2.75) is 20.3 Å². The van der Waals surface area contributed by atoms with Gasteiger partial charge in [0.2, 0.25) is 5.91 Å². The number of ether oxygens (including phenoxy) is 2. The van der Waals surface area contributed by atoms with E-state index in [4.69, 9.17) is 9.47 Å². The molecule has 0 saturated heterocycles. The van der Waals surface area contributed by atoms with E-state index in [0.29, 0.717) is 19.0 Å². The Bertz CT molecular complexity index is 983. The molecule has 1 amide bonds. The molecule has 1 aliphatic rings. The van der Waals surface area contributed by atoms with Gasteiger partial charge in [-0.05, 0) is 25.5 Å². The Morgan fingerprint density at radius 2 is 1.81 bits per heavy atom. The summed E-state index contributed by atoms with van der Waals surface area (Å²) in [4.78, 5) is 18.3. The third-order valence-electron chi connectivity index (χ3n) is 4.34. The summed E-state index contributed by atoms with van der Waals surface area (Å²) in [7, 11) is 0. The number of carbonyl (C=O) groups excluding carboxylic acids is 1. The van der Waals surface area contributed by atoms with E-state index in [-0.39, 0.29) is 12.3 Å². The maximum atomic E-state index is 12.7. The van der Waals surface area contributed by atoms with E-state index in [1.165, 1.54) is 0 Å². The summed E-state index contributed by atoms with van der Waals surface area (Å²) < 4.78 is 11.2. The second kappa shape index (κ2) is 7.40. The van der Waals surface area contributed by atoms with Crippen LogP contribution in [0.3, 0.4) is 0 Å². The quantitative estimate of drug-likeness (QED) is 0.730. The topological polar surface area (TPSA) is 60.5 Å². The smallest absolute Gasteiger partial charge is 0.229 e. The van der Waals surface area contributed by atoms with Crippen LogP contribution in [0.4, 0.5) is 5.69 Å². The molecule has 1 N–H and O–H groups in total. The van der Waals surface area contributed by atoms with Gasteiger partial charge in [-0.25, -0.2) is 4.98 Å². The minimum Gasteiger partial charge on any atom is -0.486 e. The van der Waals surface area contributed by atoms with Crippen molar-refractivity contribution in [3.63, 3.8) is 0 Å². The molecule has 0 radical (unpaired) electrons. The predicted molar refractivity (Wildman–Crippen MR) is 107 cm³/mol. The third-order valence-corrected chi connectivity index (χ3v) is 5.31.